The van der Waals surface area contributed by atoms with Crippen molar-refractivity contribution >= 4 is 5.97 Å². The summed E-state index contributed by atoms with van der Waals surface area (Å²) in [5, 5.41) is 8.70. The molecule has 0 spiro atoms. The van der Waals surface area contributed by atoms with E-state index in [0.717, 1.165) is 18.2 Å². The number of hydrogen-bond acceptors (Lipinski definition) is 2. The van der Waals surface area contributed by atoms with E-state index in [4.69, 9.17) is 16.3 Å². The van der Waals surface area contributed by atoms with Crippen LogP contribution in [0.1, 0.15) is 10.4 Å². The van der Waals surface area contributed by atoms with Gasteiger partial charge in [-0.25, -0.2) is 9.18 Å². The van der Waals surface area contributed by atoms with Gasteiger partial charge in [-0.1, -0.05) is 5.92 Å². The molecule has 0 atom stereocenters. The summed E-state index contributed by atoms with van der Waals surface area (Å²) < 4.78 is 17.6. The summed E-state index contributed by atoms with van der Waals surface area (Å²) in [5.74, 6) is 0.354. The van der Waals surface area contributed by atoms with Crippen molar-refractivity contribution in [2.75, 3.05) is 6.61 Å². The number of rotatable bonds is 3. The predicted octanol–water partition coefficient (Wildman–Crippen LogP) is 1.54. The number of ether oxygens (including phenoxy) is 1. The third-order valence-corrected chi connectivity index (χ3v) is 1.49. The molecule has 0 bridgehead atoms. The van der Waals surface area contributed by atoms with E-state index < -0.39 is 11.8 Å². The molecule has 0 fully saturated rings. The van der Waals surface area contributed by atoms with Crippen LogP contribution in [0.3, 0.4) is 0 Å². The molecule has 0 aliphatic carbocycles. The zero-order valence-corrected chi connectivity index (χ0v) is 7.16. The van der Waals surface area contributed by atoms with Crippen LogP contribution in [0.15, 0.2) is 18.2 Å². The van der Waals surface area contributed by atoms with E-state index in [1.54, 1.807) is 0 Å². The molecule has 1 aromatic carbocycles. The maximum absolute atomic E-state index is 12.7. The maximum atomic E-state index is 12.7. The second kappa shape index (κ2) is 4.28. The Labute approximate surface area is 80.1 Å². The second-order valence-electron chi connectivity index (χ2n) is 2.44. The third-order valence-electron chi connectivity index (χ3n) is 1.49. The highest BCUT2D eigenvalue weighted by molar-refractivity contribution is 5.90. The summed E-state index contributed by atoms with van der Waals surface area (Å²) in [7, 11) is 0. The van der Waals surface area contributed by atoms with Gasteiger partial charge in [0.2, 0.25) is 0 Å². The van der Waals surface area contributed by atoms with Crippen LogP contribution in [0.2, 0.25) is 0 Å². The first kappa shape index (κ1) is 10.1. The van der Waals surface area contributed by atoms with Crippen molar-refractivity contribution in [2.45, 2.75) is 0 Å². The van der Waals surface area contributed by atoms with Crippen LogP contribution >= 0.6 is 0 Å². The van der Waals surface area contributed by atoms with Crippen LogP contribution in [0.4, 0.5) is 4.39 Å². The van der Waals surface area contributed by atoms with Gasteiger partial charge in [0.25, 0.3) is 0 Å². The first-order valence-electron chi connectivity index (χ1n) is 3.74. The molecule has 0 unspecified atom stereocenters. The lowest BCUT2D eigenvalue weighted by Crippen LogP contribution is -2.03. The zero-order valence-electron chi connectivity index (χ0n) is 7.16. The van der Waals surface area contributed by atoms with Gasteiger partial charge in [-0.05, 0) is 12.1 Å². The molecule has 0 saturated carbocycles. The summed E-state index contributed by atoms with van der Waals surface area (Å²) >= 11 is 0. The van der Waals surface area contributed by atoms with Gasteiger partial charge < -0.3 is 9.84 Å². The highest BCUT2D eigenvalue weighted by Gasteiger charge is 2.11. The Hall–Kier alpha value is -2.02. The number of carbonyl (C=O) groups is 1. The Morgan fingerprint density at radius 2 is 2.36 bits per heavy atom. The van der Waals surface area contributed by atoms with Crippen LogP contribution in [-0.4, -0.2) is 17.7 Å². The molecule has 1 N–H and O–H groups in total. The smallest absolute Gasteiger partial charge is 0.339 e. The summed E-state index contributed by atoms with van der Waals surface area (Å²) in [6, 6.07) is 3.16. The molecular weight excluding hydrogens is 187 g/mol. The molecule has 0 saturated heterocycles. The van der Waals surface area contributed by atoms with Crippen molar-refractivity contribution in [3.8, 4) is 18.1 Å². The molecular formula is C10H7FO3. The lowest BCUT2D eigenvalue weighted by Gasteiger charge is -2.05. The lowest BCUT2D eigenvalue weighted by molar-refractivity contribution is 0.0693. The van der Waals surface area contributed by atoms with Gasteiger partial charge in [0.05, 0.1) is 0 Å². The monoisotopic (exact) mass is 194 g/mol. The van der Waals surface area contributed by atoms with Gasteiger partial charge in [-0.3, -0.25) is 0 Å². The highest BCUT2D eigenvalue weighted by atomic mass is 19.1. The molecule has 1 rings (SSSR count). The molecule has 0 heterocycles. The number of terminal acetylenes is 1. The van der Waals surface area contributed by atoms with E-state index in [9.17, 15) is 9.18 Å². The summed E-state index contributed by atoms with van der Waals surface area (Å²) in [4.78, 5) is 10.6. The Morgan fingerprint density at radius 1 is 1.64 bits per heavy atom. The average Bonchev–Trinajstić information content (AvgIpc) is 2.14. The minimum Gasteiger partial charge on any atom is -0.480 e. The number of aromatic carboxylic acids is 1. The molecule has 3 nitrogen and oxygen atoms in total. The quantitative estimate of drug-likeness (QED) is 0.742. The Balaban J connectivity index is 3.04. The Bertz CT molecular complexity index is 393. The number of halogens is 1. The van der Waals surface area contributed by atoms with E-state index in [1.165, 1.54) is 0 Å². The molecule has 4 heteroatoms. The summed E-state index contributed by atoms with van der Waals surface area (Å²) in [6.07, 6.45) is 4.92. The van der Waals surface area contributed by atoms with E-state index in [0.29, 0.717) is 0 Å². The summed E-state index contributed by atoms with van der Waals surface area (Å²) in [6.45, 7) is -0.0935. The molecule has 0 amide bonds. The van der Waals surface area contributed by atoms with Gasteiger partial charge in [-0.15, -0.1) is 6.42 Å². The van der Waals surface area contributed by atoms with E-state index in [1.807, 2.05) is 0 Å². The molecule has 0 aromatic heterocycles. The van der Waals surface area contributed by atoms with E-state index >= 15 is 0 Å². The van der Waals surface area contributed by atoms with Crippen molar-refractivity contribution in [1.29, 1.82) is 0 Å². The largest absolute Gasteiger partial charge is 0.480 e. The number of carboxylic acid groups (broad SMARTS) is 1. The lowest BCUT2D eigenvalue weighted by atomic mass is 10.2. The number of hydrogen-bond donors (Lipinski definition) is 1. The van der Waals surface area contributed by atoms with Crippen molar-refractivity contribution in [1.82, 2.24) is 0 Å². The standard InChI is InChI=1S/C10H7FO3/c1-2-5-14-9-6-7(11)3-4-8(9)10(12)13/h1,3-4,6H,5H2,(H,12,13). The van der Waals surface area contributed by atoms with Crippen LogP contribution in [-0.2, 0) is 0 Å². The van der Waals surface area contributed by atoms with Crippen molar-refractivity contribution in [2.24, 2.45) is 0 Å². The van der Waals surface area contributed by atoms with Crippen molar-refractivity contribution in [3.05, 3.63) is 29.6 Å². The molecule has 0 radical (unpaired) electrons. The fourth-order valence-corrected chi connectivity index (χ4v) is 0.912. The minimum absolute atomic E-state index is 0.0598. The van der Waals surface area contributed by atoms with Crippen LogP contribution < -0.4 is 4.74 Å². The Kier molecular flexibility index (Phi) is 3.08. The van der Waals surface area contributed by atoms with Gasteiger partial charge in [0.15, 0.2) is 0 Å². The van der Waals surface area contributed by atoms with Crippen LogP contribution in [0, 0.1) is 18.2 Å². The van der Waals surface area contributed by atoms with E-state index in [2.05, 4.69) is 5.92 Å². The molecule has 72 valence electrons. The minimum atomic E-state index is -1.18. The fourth-order valence-electron chi connectivity index (χ4n) is 0.912. The van der Waals surface area contributed by atoms with Gasteiger partial charge >= 0.3 is 5.97 Å². The molecule has 14 heavy (non-hydrogen) atoms. The average molecular weight is 194 g/mol. The van der Waals surface area contributed by atoms with Crippen molar-refractivity contribution in [3.63, 3.8) is 0 Å². The first-order valence-corrected chi connectivity index (χ1v) is 3.74. The van der Waals surface area contributed by atoms with Gasteiger partial charge in [-0.2, -0.15) is 0 Å². The fraction of sp³-hybridized carbons (Fsp3) is 0.100. The first-order chi connectivity index (χ1) is 6.65. The summed E-state index contributed by atoms with van der Waals surface area (Å²) in [5.41, 5.74) is -0.110. The molecule has 0 aliphatic heterocycles. The highest BCUT2D eigenvalue weighted by Crippen LogP contribution is 2.19. The van der Waals surface area contributed by atoms with Gasteiger partial charge in [0.1, 0.15) is 23.7 Å². The third kappa shape index (κ3) is 2.23. The van der Waals surface area contributed by atoms with Crippen LogP contribution in [0.5, 0.6) is 5.75 Å². The maximum Gasteiger partial charge on any atom is 0.339 e. The number of carboxylic acids is 1. The molecule has 1 aromatic rings. The van der Waals surface area contributed by atoms with E-state index in [-0.39, 0.29) is 17.9 Å². The predicted molar refractivity (Wildman–Crippen MR) is 47.7 cm³/mol. The Morgan fingerprint density at radius 3 is 2.93 bits per heavy atom. The number of benzene rings is 1. The van der Waals surface area contributed by atoms with Crippen molar-refractivity contribution < 1.29 is 19.0 Å². The second-order valence-corrected chi connectivity index (χ2v) is 2.44. The topological polar surface area (TPSA) is 46.5 Å². The SMILES string of the molecule is C#CCOc1cc(F)ccc1C(=O)O. The van der Waals surface area contributed by atoms with Crippen LogP contribution in [0.25, 0.3) is 0 Å². The molecule has 0 aliphatic rings. The zero-order chi connectivity index (χ0) is 10.6. The normalized spacial score (nSPS) is 9.14. The van der Waals surface area contributed by atoms with Gasteiger partial charge in [0, 0.05) is 6.07 Å².